The minimum absolute atomic E-state index is 0.175. The number of hydrogen-bond donors (Lipinski definition) is 3. The molecular weight excluding hydrogens is 408 g/mol. The third-order valence-electron chi connectivity index (χ3n) is 5.56. The van der Waals surface area contributed by atoms with Gasteiger partial charge in [-0.1, -0.05) is 0 Å². The fourth-order valence-electron chi connectivity index (χ4n) is 3.88. The molecule has 1 amide bonds. The third-order valence-corrected chi connectivity index (χ3v) is 5.56. The van der Waals surface area contributed by atoms with Gasteiger partial charge in [0.15, 0.2) is 5.65 Å². The predicted molar refractivity (Wildman–Crippen MR) is 109 cm³/mol. The number of carbonyl (C=O) groups is 1. The van der Waals surface area contributed by atoms with Crippen molar-refractivity contribution >= 4 is 17.4 Å². The molecule has 3 heterocycles. The van der Waals surface area contributed by atoms with Crippen molar-refractivity contribution in [1.29, 1.82) is 0 Å². The van der Waals surface area contributed by atoms with Crippen LogP contribution in [0.5, 0.6) is 0 Å². The number of aromatic nitrogens is 3. The van der Waals surface area contributed by atoms with Gasteiger partial charge in [-0.15, -0.1) is 0 Å². The van der Waals surface area contributed by atoms with Crippen LogP contribution in [0.15, 0.2) is 36.7 Å². The number of halogens is 2. The van der Waals surface area contributed by atoms with E-state index in [-0.39, 0.29) is 22.8 Å². The maximum absolute atomic E-state index is 14.4. The summed E-state index contributed by atoms with van der Waals surface area (Å²) in [6, 6.07) is 3.93. The number of fused-ring (bicyclic) bond motifs is 1. The zero-order valence-electron chi connectivity index (χ0n) is 16.9. The minimum Gasteiger partial charge on any atom is -0.394 e. The van der Waals surface area contributed by atoms with Crippen LogP contribution in [-0.4, -0.2) is 56.0 Å². The van der Waals surface area contributed by atoms with E-state index in [1.54, 1.807) is 12.3 Å². The summed E-state index contributed by atoms with van der Waals surface area (Å²) < 4.78 is 29.6. The number of rotatable bonds is 6. The highest BCUT2D eigenvalue weighted by Crippen LogP contribution is 2.36. The van der Waals surface area contributed by atoms with Crippen molar-refractivity contribution in [3.8, 4) is 0 Å². The van der Waals surface area contributed by atoms with Crippen molar-refractivity contribution in [2.45, 2.75) is 38.0 Å². The van der Waals surface area contributed by atoms with Gasteiger partial charge in [0.2, 0.25) is 0 Å². The quantitative estimate of drug-likeness (QED) is 0.550. The lowest BCUT2D eigenvalue weighted by Gasteiger charge is -2.26. The molecule has 0 bridgehead atoms. The number of nitrogens with zero attached hydrogens (tertiary/aromatic N) is 4. The Hall–Kier alpha value is -3.11. The van der Waals surface area contributed by atoms with Gasteiger partial charge in [0.25, 0.3) is 5.91 Å². The van der Waals surface area contributed by atoms with Crippen molar-refractivity contribution < 1.29 is 23.8 Å². The molecule has 3 unspecified atom stereocenters. The summed E-state index contributed by atoms with van der Waals surface area (Å²) in [7, 11) is 0. The summed E-state index contributed by atoms with van der Waals surface area (Å²) in [5, 5.41) is 25.7. The van der Waals surface area contributed by atoms with Crippen molar-refractivity contribution in [1.82, 2.24) is 19.9 Å². The Labute approximate surface area is 177 Å². The van der Waals surface area contributed by atoms with E-state index in [4.69, 9.17) is 0 Å². The molecule has 0 radical (unpaired) electrons. The molecule has 1 aromatic carbocycles. The number of hydrogen-bond acceptors (Lipinski definition) is 6. The van der Waals surface area contributed by atoms with Crippen LogP contribution in [0.4, 0.5) is 14.6 Å². The van der Waals surface area contributed by atoms with E-state index in [1.165, 1.54) is 23.7 Å². The SMILES string of the molecule is CC(O)C(CO)NC(=O)c1cnn2ccc(N3CCCC3c3cc(F)ccc3F)nc12. The van der Waals surface area contributed by atoms with Crippen molar-refractivity contribution in [3.05, 3.63) is 59.4 Å². The zero-order chi connectivity index (χ0) is 22.1. The van der Waals surface area contributed by atoms with Gasteiger partial charge in [0.1, 0.15) is 23.0 Å². The fourth-order valence-corrected chi connectivity index (χ4v) is 3.88. The van der Waals surface area contributed by atoms with Crippen LogP contribution in [-0.2, 0) is 0 Å². The molecule has 2 aromatic heterocycles. The largest absolute Gasteiger partial charge is 0.394 e. The average Bonchev–Trinajstić information content (AvgIpc) is 3.40. The van der Waals surface area contributed by atoms with Crippen molar-refractivity contribution in [2.24, 2.45) is 0 Å². The van der Waals surface area contributed by atoms with E-state index in [1.807, 2.05) is 4.90 Å². The van der Waals surface area contributed by atoms with Gasteiger partial charge in [0, 0.05) is 18.3 Å². The highest BCUT2D eigenvalue weighted by atomic mass is 19.1. The second-order valence-electron chi connectivity index (χ2n) is 7.63. The van der Waals surface area contributed by atoms with Gasteiger partial charge in [-0.05, 0) is 44.0 Å². The van der Waals surface area contributed by atoms with E-state index in [0.29, 0.717) is 18.8 Å². The molecule has 164 valence electrons. The predicted octanol–water partition coefficient (Wildman–Crippen LogP) is 1.82. The molecular formula is C21H23F2N5O3. The van der Waals surface area contributed by atoms with E-state index in [2.05, 4.69) is 15.4 Å². The summed E-state index contributed by atoms with van der Waals surface area (Å²) in [5.74, 6) is -0.994. The first-order valence-corrected chi connectivity index (χ1v) is 10.0. The standard InChI is InChI=1S/C21H23F2N5O3/c1-12(30)17(11-29)25-21(31)15-10-24-28-8-6-19(26-20(15)28)27-7-2-3-18(27)14-9-13(22)4-5-16(14)23/h4-6,8-10,12,17-18,29-30H,2-3,7,11H2,1H3,(H,25,31). The molecule has 8 nitrogen and oxygen atoms in total. The van der Waals surface area contributed by atoms with Gasteiger partial charge in [0.05, 0.1) is 31.0 Å². The van der Waals surface area contributed by atoms with Gasteiger partial charge >= 0.3 is 0 Å². The first-order chi connectivity index (χ1) is 14.9. The number of benzene rings is 1. The van der Waals surface area contributed by atoms with Crippen LogP contribution in [0.1, 0.15) is 41.7 Å². The van der Waals surface area contributed by atoms with Crippen LogP contribution in [0.2, 0.25) is 0 Å². The van der Waals surface area contributed by atoms with Crippen LogP contribution in [0, 0.1) is 11.6 Å². The molecule has 0 spiro atoms. The molecule has 1 aliphatic rings. The summed E-state index contributed by atoms with van der Waals surface area (Å²) in [6.07, 6.45) is 3.49. The Morgan fingerprint density at radius 2 is 2.16 bits per heavy atom. The molecule has 0 saturated carbocycles. The number of aliphatic hydroxyl groups excluding tert-OH is 2. The molecule has 1 aliphatic heterocycles. The number of aliphatic hydroxyl groups is 2. The second kappa shape index (κ2) is 8.56. The molecule has 1 fully saturated rings. The fraction of sp³-hybridized carbons (Fsp3) is 0.381. The van der Waals surface area contributed by atoms with Crippen molar-refractivity contribution in [2.75, 3.05) is 18.1 Å². The Morgan fingerprint density at radius 1 is 1.35 bits per heavy atom. The topological polar surface area (TPSA) is 103 Å². The molecule has 3 atom stereocenters. The highest BCUT2D eigenvalue weighted by Gasteiger charge is 2.30. The van der Waals surface area contributed by atoms with Crippen LogP contribution >= 0.6 is 0 Å². The Morgan fingerprint density at radius 3 is 2.90 bits per heavy atom. The second-order valence-corrected chi connectivity index (χ2v) is 7.63. The molecule has 3 N–H and O–H groups in total. The smallest absolute Gasteiger partial charge is 0.257 e. The lowest BCUT2D eigenvalue weighted by molar-refractivity contribution is 0.0759. The zero-order valence-corrected chi connectivity index (χ0v) is 16.9. The summed E-state index contributed by atoms with van der Waals surface area (Å²) in [4.78, 5) is 19.1. The third kappa shape index (κ3) is 4.08. The monoisotopic (exact) mass is 431 g/mol. The number of anilines is 1. The van der Waals surface area contributed by atoms with E-state index in [9.17, 15) is 23.8 Å². The normalized spacial score (nSPS) is 18.4. The first-order valence-electron chi connectivity index (χ1n) is 10.0. The maximum Gasteiger partial charge on any atom is 0.257 e. The van der Waals surface area contributed by atoms with Crippen LogP contribution < -0.4 is 10.2 Å². The molecule has 1 saturated heterocycles. The Balaban J connectivity index is 1.67. The molecule has 4 rings (SSSR count). The van der Waals surface area contributed by atoms with Gasteiger partial charge in [-0.2, -0.15) is 5.10 Å². The molecule has 31 heavy (non-hydrogen) atoms. The minimum atomic E-state index is -0.939. The lowest BCUT2D eigenvalue weighted by Crippen LogP contribution is -2.44. The maximum atomic E-state index is 14.4. The van der Waals surface area contributed by atoms with E-state index in [0.717, 1.165) is 18.6 Å². The number of nitrogens with one attached hydrogen (secondary N) is 1. The van der Waals surface area contributed by atoms with Crippen LogP contribution in [0.3, 0.4) is 0 Å². The first kappa shape index (κ1) is 21.1. The number of carbonyl (C=O) groups excluding carboxylic acids is 1. The molecule has 0 aliphatic carbocycles. The Bertz CT molecular complexity index is 1100. The molecule has 10 heteroatoms. The van der Waals surface area contributed by atoms with Crippen molar-refractivity contribution in [3.63, 3.8) is 0 Å². The summed E-state index contributed by atoms with van der Waals surface area (Å²) in [5.41, 5.74) is 0.727. The van der Waals surface area contributed by atoms with Crippen LogP contribution in [0.25, 0.3) is 5.65 Å². The van der Waals surface area contributed by atoms with E-state index >= 15 is 0 Å². The Kier molecular flexibility index (Phi) is 5.84. The lowest BCUT2D eigenvalue weighted by atomic mass is 10.0. The summed E-state index contributed by atoms with van der Waals surface area (Å²) >= 11 is 0. The van der Waals surface area contributed by atoms with Gasteiger partial charge in [-0.3, -0.25) is 4.79 Å². The van der Waals surface area contributed by atoms with Gasteiger partial charge < -0.3 is 20.4 Å². The van der Waals surface area contributed by atoms with Gasteiger partial charge in [-0.25, -0.2) is 18.3 Å². The van der Waals surface area contributed by atoms with E-state index < -0.39 is 36.3 Å². The average molecular weight is 431 g/mol. The summed E-state index contributed by atoms with van der Waals surface area (Å²) in [6.45, 7) is 1.65. The number of amides is 1. The highest BCUT2D eigenvalue weighted by molar-refractivity contribution is 6.00. The molecule has 3 aromatic rings.